The summed E-state index contributed by atoms with van der Waals surface area (Å²) in [5, 5.41) is 4.52. The molecule has 0 atom stereocenters. The number of benzene rings is 2. The summed E-state index contributed by atoms with van der Waals surface area (Å²) in [5.74, 6) is 0.855. The fraction of sp³-hybridized carbons (Fsp3) is 0.381. The number of hydrogen-bond acceptors (Lipinski definition) is 4. The molecule has 1 aliphatic heterocycles. The number of aryl methyl sites for hydroxylation is 1. The number of oxime groups is 1. The molecule has 0 radical (unpaired) electrons. The van der Waals surface area contributed by atoms with Crippen molar-refractivity contribution in [3.05, 3.63) is 64.7 Å². The van der Waals surface area contributed by atoms with Gasteiger partial charge in [0.25, 0.3) is 0 Å². The monoisotopic (exact) mass is 338 g/mol. The number of nitrogens with zero attached hydrogens (tertiary/aromatic N) is 2. The Morgan fingerprint density at radius 1 is 1.08 bits per heavy atom. The first-order valence-electron chi connectivity index (χ1n) is 8.97. The van der Waals surface area contributed by atoms with Crippen LogP contribution in [0.2, 0.25) is 0 Å². The first-order valence-corrected chi connectivity index (χ1v) is 8.97. The van der Waals surface area contributed by atoms with Gasteiger partial charge in [-0.25, -0.2) is 0 Å². The lowest BCUT2D eigenvalue weighted by Gasteiger charge is -2.17. The molecule has 2 aromatic rings. The van der Waals surface area contributed by atoms with E-state index in [0.717, 1.165) is 47.8 Å². The maximum Gasteiger partial charge on any atom is 0.129 e. The third-order valence-electron chi connectivity index (χ3n) is 4.59. The number of ether oxygens (including phenoxy) is 1. The molecule has 0 saturated carbocycles. The molecule has 0 aromatic heterocycles. The number of likely N-dealkylation sites (N-methyl/N-ethyl adjacent to an activating group) is 1. The molecule has 4 heteroatoms. The molecular weight excluding hydrogens is 312 g/mol. The van der Waals surface area contributed by atoms with E-state index in [1.165, 1.54) is 5.56 Å². The van der Waals surface area contributed by atoms with Gasteiger partial charge in [-0.05, 0) is 37.7 Å². The predicted octanol–water partition coefficient (Wildman–Crippen LogP) is 4.00. The van der Waals surface area contributed by atoms with Crippen molar-refractivity contribution in [1.29, 1.82) is 0 Å². The molecule has 4 nitrogen and oxygen atoms in total. The average Bonchev–Trinajstić information content (AvgIpc) is 2.79. The van der Waals surface area contributed by atoms with Crippen LogP contribution in [0.4, 0.5) is 0 Å². The summed E-state index contributed by atoms with van der Waals surface area (Å²) in [4.78, 5) is 8.03. The van der Waals surface area contributed by atoms with E-state index in [1.807, 2.05) is 18.2 Å². The van der Waals surface area contributed by atoms with Gasteiger partial charge in [0, 0.05) is 17.7 Å². The van der Waals surface area contributed by atoms with E-state index in [9.17, 15) is 0 Å². The van der Waals surface area contributed by atoms with Gasteiger partial charge in [0.1, 0.15) is 24.7 Å². The molecule has 25 heavy (non-hydrogen) atoms. The van der Waals surface area contributed by atoms with Crippen LogP contribution in [0.1, 0.15) is 36.1 Å². The molecule has 3 rings (SSSR count). The van der Waals surface area contributed by atoms with Crippen molar-refractivity contribution in [1.82, 2.24) is 4.90 Å². The van der Waals surface area contributed by atoms with Gasteiger partial charge in [0.15, 0.2) is 0 Å². The second kappa shape index (κ2) is 8.17. The molecule has 0 aliphatic carbocycles. The molecule has 132 valence electrons. The van der Waals surface area contributed by atoms with Gasteiger partial charge in [-0.15, -0.1) is 0 Å². The smallest absolute Gasteiger partial charge is 0.129 e. The van der Waals surface area contributed by atoms with E-state index in [4.69, 9.17) is 9.57 Å². The Bertz CT molecular complexity index is 751. The number of fused-ring (bicyclic) bond motifs is 2. The van der Waals surface area contributed by atoms with Gasteiger partial charge in [-0.2, -0.15) is 0 Å². The van der Waals surface area contributed by atoms with Crippen molar-refractivity contribution in [2.75, 3.05) is 26.2 Å². The minimum atomic E-state index is 0.546. The van der Waals surface area contributed by atoms with E-state index in [0.29, 0.717) is 13.2 Å². The normalized spacial score (nSPS) is 14.6. The SMILES string of the molecule is CCN(CC)CCON=C1c2ccccc2COc2ccc(C)cc21. The van der Waals surface area contributed by atoms with Crippen LogP contribution in [0.15, 0.2) is 47.6 Å². The lowest BCUT2D eigenvalue weighted by molar-refractivity contribution is 0.114. The van der Waals surface area contributed by atoms with E-state index in [1.54, 1.807) is 0 Å². The van der Waals surface area contributed by atoms with Gasteiger partial charge < -0.3 is 14.5 Å². The highest BCUT2D eigenvalue weighted by Gasteiger charge is 2.21. The predicted molar refractivity (Wildman–Crippen MR) is 101 cm³/mol. The molecule has 0 N–H and O–H groups in total. The molecule has 0 amide bonds. The molecule has 1 aliphatic rings. The minimum absolute atomic E-state index is 0.546. The van der Waals surface area contributed by atoms with Crippen molar-refractivity contribution in [2.45, 2.75) is 27.4 Å². The van der Waals surface area contributed by atoms with Gasteiger partial charge in [0.2, 0.25) is 0 Å². The standard InChI is InChI=1S/C21H26N2O2/c1-4-23(5-2)12-13-25-22-21-18-9-7-6-8-17(18)15-24-20-11-10-16(3)14-19(20)21/h6-11,14H,4-5,12-13,15H2,1-3H3. The van der Waals surface area contributed by atoms with E-state index in [-0.39, 0.29) is 0 Å². The van der Waals surface area contributed by atoms with E-state index >= 15 is 0 Å². The van der Waals surface area contributed by atoms with Crippen LogP contribution >= 0.6 is 0 Å². The fourth-order valence-electron chi connectivity index (χ4n) is 3.05. The lowest BCUT2D eigenvalue weighted by Crippen LogP contribution is -2.26. The fourth-order valence-corrected chi connectivity index (χ4v) is 3.05. The summed E-state index contributed by atoms with van der Waals surface area (Å²) in [6.07, 6.45) is 0. The van der Waals surface area contributed by atoms with Crippen molar-refractivity contribution in [2.24, 2.45) is 5.16 Å². The number of hydrogen-bond donors (Lipinski definition) is 0. The van der Waals surface area contributed by atoms with Gasteiger partial charge in [0.05, 0.1) is 0 Å². The molecule has 0 spiro atoms. The summed E-state index contributed by atoms with van der Waals surface area (Å²) in [7, 11) is 0. The average molecular weight is 338 g/mol. The zero-order chi connectivity index (χ0) is 17.6. The van der Waals surface area contributed by atoms with Crippen LogP contribution in [-0.2, 0) is 11.4 Å². The summed E-state index contributed by atoms with van der Waals surface area (Å²) >= 11 is 0. The van der Waals surface area contributed by atoms with Crippen LogP contribution in [0, 0.1) is 6.92 Å². The van der Waals surface area contributed by atoms with Crippen LogP contribution in [-0.4, -0.2) is 36.9 Å². The molecule has 0 fully saturated rings. The summed E-state index contributed by atoms with van der Waals surface area (Å²) < 4.78 is 5.99. The minimum Gasteiger partial charge on any atom is -0.488 e. The van der Waals surface area contributed by atoms with Crippen LogP contribution in [0.3, 0.4) is 0 Å². The maximum absolute atomic E-state index is 5.99. The maximum atomic E-state index is 5.99. The van der Waals surface area contributed by atoms with Gasteiger partial charge in [-0.3, -0.25) is 0 Å². The van der Waals surface area contributed by atoms with Crippen molar-refractivity contribution >= 4 is 5.71 Å². The highest BCUT2D eigenvalue weighted by molar-refractivity contribution is 6.15. The Hall–Kier alpha value is -2.33. The van der Waals surface area contributed by atoms with Crippen LogP contribution in [0.25, 0.3) is 0 Å². The Kier molecular flexibility index (Phi) is 5.71. The van der Waals surface area contributed by atoms with Crippen molar-refractivity contribution < 1.29 is 9.57 Å². The molecular formula is C21H26N2O2. The second-order valence-electron chi connectivity index (χ2n) is 6.25. The highest BCUT2D eigenvalue weighted by Crippen LogP contribution is 2.29. The van der Waals surface area contributed by atoms with Gasteiger partial charge in [-0.1, -0.05) is 54.9 Å². The summed E-state index contributed by atoms with van der Waals surface area (Å²) in [5.41, 5.74) is 5.23. The summed E-state index contributed by atoms with van der Waals surface area (Å²) in [6, 6.07) is 14.4. The number of rotatable bonds is 6. The quantitative estimate of drug-likeness (QED) is 0.590. The first-order chi connectivity index (χ1) is 12.2. The molecule has 1 heterocycles. The molecule has 0 saturated heterocycles. The third-order valence-corrected chi connectivity index (χ3v) is 4.59. The van der Waals surface area contributed by atoms with Crippen molar-refractivity contribution in [3.8, 4) is 5.75 Å². The Balaban J connectivity index is 1.90. The second-order valence-corrected chi connectivity index (χ2v) is 6.25. The Morgan fingerprint density at radius 3 is 2.68 bits per heavy atom. The third kappa shape index (κ3) is 4.02. The molecule has 0 bridgehead atoms. The largest absolute Gasteiger partial charge is 0.488 e. The van der Waals surface area contributed by atoms with Gasteiger partial charge >= 0.3 is 0 Å². The van der Waals surface area contributed by atoms with E-state index < -0.39 is 0 Å². The van der Waals surface area contributed by atoms with E-state index in [2.05, 4.69) is 55.1 Å². The first kappa shape index (κ1) is 17.5. The zero-order valence-corrected chi connectivity index (χ0v) is 15.3. The van der Waals surface area contributed by atoms with Crippen molar-refractivity contribution in [3.63, 3.8) is 0 Å². The highest BCUT2D eigenvalue weighted by atomic mass is 16.6. The Morgan fingerprint density at radius 2 is 1.88 bits per heavy atom. The molecule has 2 aromatic carbocycles. The Labute approximate surface area is 150 Å². The van der Waals surface area contributed by atoms with Crippen LogP contribution in [0.5, 0.6) is 5.75 Å². The lowest BCUT2D eigenvalue weighted by atomic mass is 9.97. The topological polar surface area (TPSA) is 34.1 Å². The summed E-state index contributed by atoms with van der Waals surface area (Å²) in [6.45, 7) is 10.4. The zero-order valence-electron chi connectivity index (χ0n) is 15.3. The molecule has 0 unspecified atom stereocenters. The van der Waals surface area contributed by atoms with Crippen LogP contribution < -0.4 is 4.74 Å².